The molecule has 0 saturated carbocycles. The highest BCUT2D eigenvalue weighted by molar-refractivity contribution is 7.10. The van der Waals surface area contributed by atoms with Crippen LogP contribution in [0.1, 0.15) is 23.8 Å². The third-order valence-corrected chi connectivity index (χ3v) is 7.92. The number of methoxy groups -OCH3 is 1. The van der Waals surface area contributed by atoms with Crippen molar-refractivity contribution in [2.45, 2.75) is 31.5 Å². The van der Waals surface area contributed by atoms with Crippen molar-refractivity contribution in [1.82, 2.24) is 25.5 Å². The standard InChI is InChI=1S/C29H30N6O6S/c1-38-21-9-6-19(7-10-21)28-31-33-34(32-28)18-26(36)35(20-8-11-23-24(16-20)41-14-13-40-23)27(25-5-3-15-42-25)29(37)30-17-22-4-2-12-39-22/h3,5-11,15-16,22,27H,2,4,12-14,17-18H2,1H3,(H,30,37)/t22-,27-/m1/s1. The lowest BCUT2D eigenvalue weighted by Gasteiger charge is -2.31. The SMILES string of the molecule is COc1ccc(-c2nnn(CC(=O)N(c3ccc4c(c3)OCCO4)[C@@H](C(=O)NC[C@H]3CCCO3)c3cccs3)n2)cc1. The number of hydrogen-bond acceptors (Lipinski definition) is 10. The van der Waals surface area contributed by atoms with Gasteiger partial charge in [0.2, 0.25) is 11.7 Å². The van der Waals surface area contributed by atoms with E-state index in [1.165, 1.54) is 21.0 Å². The Morgan fingerprint density at radius 3 is 2.69 bits per heavy atom. The summed E-state index contributed by atoms with van der Waals surface area (Å²) < 4.78 is 22.4. The van der Waals surface area contributed by atoms with Crippen LogP contribution in [0, 0.1) is 0 Å². The Balaban J connectivity index is 1.31. The lowest BCUT2D eigenvalue weighted by molar-refractivity contribution is -0.127. The summed E-state index contributed by atoms with van der Waals surface area (Å²) in [4.78, 5) is 31.3. The maximum absolute atomic E-state index is 14.1. The number of benzene rings is 2. The third-order valence-electron chi connectivity index (χ3n) is 7.00. The molecule has 0 spiro atoms. The molecule has 2 aromatic heterocycles. The first-order valence-electron chi connectivity index (χ1n) is 13.7. The molecule has 6 rings (SSSR count). The highest BCUT2D eigenvalue weighted by Crippen LogP contribution is 2.38. The molecule has 218 valence electrons. The van der Waals surface area contributed by atoms with Crippen LogP contribution >= 0.6 is 11.3 Å². The van der Waals surface area contributed by atoms with Crippen LogP contribution in [0.25, 0.3) is 11.4 Å². The number of nitrogens with one attached hydrogen (secondary N) is 1. The van der Waals surface area contributed by atoms with Crippen LogP contribution in [0.3, 0.4) is 0 Å². The topological polar surface area (TPSA) is 130 Å². The number of carbonyl (C=O) groups excluding carboxylic acids is 2. The van der Waals surface area contributed by atoms with Gasteiger partial charge in [0.05, 0.1) is 13.2 Å². The van der Waals surface area contributed by atoms with Crippen molar-refractivity contribution in [3.05, 3.63) is 64.9 Å². The second-order valence-corrected chi connectivity index (χ2v) is 10.7. The summed E-state index contributed by atoms with van der Waals surface area (Å²) in [5, 5.41) is 17.6. The molecule has 1 fully saturated rings. The van der Waals surface area contributed by atoms with E-state index >= 15 is 0 Å². The molecule has 2 aliphatic rings. The third kappa shape index (κ3) is 6.06. The zero-order chi connectivity index (χ0) is 28.9. The average molecular weight is 591 g/mol. The second-order valence-electron chi connectivity index (χ2n) is 9.76. The van der Waals surface area contributed by atoms with Gasteiger partial charge < -0.3 is 24.3 Å². The van der Waals surface area contributed by atoms with Gasteiger partial charge in [0.15, 0.2) is 11.5 Å². The molecule has 2 atom stereocenters. The first kappa shape index (κ1) is 27.7. The van der Waals surface area contributed by atoms with Gasteiger partial charge in [0.1, 0.15) is 31.5 Å². The minimum atomic E-state index is -0.953. The number of ether oxygens (including phenoxy) is 4. The summed E-state index contributed by atoms with van der Waals surface area (Å²) in [6, 6.07) is 15.2. The van der Waals surface area contributed by atoms with E-state index in [-0.39, 0.29) is 18.6 Å². The summed E-state index contributed by atoms with van der Waals surface area (Å²) >= 11 is 1.39. The highest BCUT2D eigenvalue weighted by Gasteiger charge is 2.35. The van der Waals surface area contributed by atoms with Gasteiger partial charge in [0.25, 0.3) is 5.91 Å². The van der Waals surface area contributed by atoms with Crippen LogP contribution in [0.5, 0.6) is 17.2 Å². The summed E-state index contributed by atoms with van der Waals surface area (Å²) in [5.74, 6) is 1.42. The first-order valence-corrected chi connectivity index (χ1v) is 14.5. The number of hydrogen-bond donors (Lipinski definition) is 1. The number of anilines is 1. The summed E-state index contributed by atoms with van der Waals surface area (Å²) in [6.45, 7) is 1.61. The van der Waals surface area contributed by atoms with Crippen molar-refractivity contribution in [1.29, 1.82) is 0 Å². The molecule has 4 aromatic rings. The monoisotopic (exact) mass is 590 g/mol. The van der Waals surface area contributed by atoms with Gasteiger partial charge in [0, 0.05) is 35.3 Å². The largest absolute Gasteiger partial charge is 0.497 e. The van der Waals surface area contributed by atoms with Crippen LogP contribution in [-0.4, -0.2) is 71.6 Å². The van der Waals surface area contributed by atoms with E-state index < -0.39 is 11.9 Å². The van der Waals surface area contributed by atoms with Crippen molar-refractivity contribution in [2.75, 3.05) is 38.4 Å². The fourth-order valence-electron chi connectivity index (χ4n) is 4.92. The van der Waals surface area contributed by atoms with Crippen molar-refractivity contribution in [2.24, 2.45) is 0 Å². The highest BCUT2D eigenvalue weighted by atomic mass is 32.1. The van der Waals surface area contributed by atoms with Gasteiger partial charge in [-0.1, -0.05) is 6.07 Å². The predicted molar refractivity (Wildman–Crippen MR) is 154 cm³/mol. The van der Waals surface area contributed by atoms with E-state index in [0.717, 1.165) is 18.4 Å². The normalized spacial score (nSPS) is 16.5. The van der Waals surface area contributed by atoms with Crippen LogP contribution in [0.15, 0.2) is 60.0 Å². The second kappa shape index (κ2) is 12.6. The van der Waals surface area contributed by atoms with Crippen LogP contribution in [-0.2, 0) is 20.9 Å². The smallest absolute Gasteiger partial charge is 0.251 e. The Labute approximate surface area is 246 Å². The molecule has 1 N–H and O–H groups in total. The Morgan fingerprint density at radius 1 is 1.12 bits per heavy atom. The van der Waals surface area contributed by atoms with Crippen molar-refractivity contribution < 1.29 is 28.5 Å². The number of nitrogens with zero attached hydrogens (tertiary/aromatic N) is 5. The van der Waals surface area contributed by atoms with Crippen molar-refractivity contribution in [3.8, 4) is 28.6 Å². The van der Waals surface area contributed by atoms with Crippen LogP contribution in [0.2, 0.25) is 0 Å². The van der Waals surface area contributed by atoms with Gasteiger partial charge >= 0.3 is 0 Å². The van der Waals surface area contributed by atoms with E-state index in [4.69, 9.17) is 18.9 Å². The molecule has 0 aliphatic carbocycles. The fraction of sp³-hybridized carbons (Fsp3) is 0.345. The number of fused-ring (bicyclic) bond motifs is 1. The quantitative estimate of drug-likeness (QED) is 0.296. The Morgan fingerprint density at radius 2 is 1.95 bits per heavy atom. The first-order chi connectivity index (χ1) is 20.6. The minimum Gasteiger partial charge on any atom is -0.497 e. The van der Waals surface area contributed by atoms with Gasteiger partial charge in [-0.15, -0.1) is 21.5 Å². The molecule has 2 aliphatic heterocycles. The number of thiophene rings is 1. The van der Waals surface area contributed by atoms with E-state index in [2.05, 4.69) is 20.7 Å². The lowest BCUT2D eigenvalue weighted by atomic mass is 10.1. The Bertz CT molecular complexity index is 1520. The molecule has 1 saturated heterocycles. The van der Waals surface area contributed by atoms with Crippen molar-refractivity contribution in [3.63, 3.8) is 0 Å². The fourth-order valence-corrected chi connectivity index (χ4v) is 5.73. The maximum atomic E-state index is 14.1. The van der Waals surface area contributed by atoms with Gasteiger partial charge in [-0.05, 0) is 65.9 Å². The molecular weight excluding hydrogens is 560 g/mol. The van der Waals surface area contributed by atoms with Crippen molar-refractivity contribution >= 4 is 28.8 Å². The Hall–Kier alpha value is -4.49. The van der Waals surface area contributed by atoms with Gasteiger partial charge in [-0.25, -0.2) is 0 Å². The summed E-state index contributed by atoms with van der Waals surface area (Å²) in [5.41, 5.74) is 1.20. The minimum absolute atomic E-state index is 0.0490. The molecule has 2 amide bonds. The molecule has 0 radical (unpaired) electrons. The number of amides is 2. The number of rotatable bonds is 10. The molecule has 13 heteroatoms. The molecule has 12 nitrogen and oxygen atoms in total. The molecule has 42 heavy (non-hydrogen) atoms. The van der Waals surface area contributed by atoms with Crippen LogP contribution in [0.4, 0.5) is 5.69 Å². The van der Waals surface area contributed by atoms with E-state index in [1.54, 1.807) is 37.4 Å². The maximum Gasteiger partial charge on any atom is 0.251 e. The van der Waals surface area contributed by atoms with E-state index in [9.17, 15) is 9.59 Å². The predicted octanol–water partition coefficient (Wildman–Crippen LogP) is 3.25. The number of tetrazole rings is 1. The summed E-state index contributed by atoms with van der Waals surface area (Å²) in [6.07, 6.45) is 1.79. The van der Waals surface area contributed by atoms with Crippen LogP contribution < -0.4 is 24.4 Å². The van der Waals surface area contributed by atoms with Gasteiger partial charge in [-0.2, -0.15) is 4.80 Å². The van der Waals surface area contributed by atoms with E-state index in [1.807, 2.05) is 29.6 Å². The summed E-state index contributed by atoms with van der Waals surface area (Å²) in [7, 11) is 1.59. The molecule has 4 heterocycles. The van der Waals surface area contributed by atoms with E-state index in [0.29, 0.717) is 60.0 Å². The zero-order valence-corrected chi connectivity index (χ0v) is 23.8. The van der Waals surface area contributed by atoms with Gasteiger partial charge in [-0.3, -0.25) is 14.5 Å². The lowest BCUT2D eigenvalue weighted by Crippen LogP contribution is -2.46. The molecular formula is C29H30N6O6S. The molecule has 0 unspecified atom stereocenters. The molecule has 2 aromatic carbocycles. The average Bonchev–Trinajstić information content (AvgIpc) is 3.82. The molecule has 0 bridgehead atoms. The number of aromatic nitrogens is 4. The number of carbonyl (C=O) groups is 2. The zero-order valence-electron chi connectivity index (χ0n) is 23.0. The Kier molecular flexibility index (Phi) is 8.28.